The van der Waals surface area contributed by atoms with E-state index in [0.29, 0.717) is 11.3 Å². The zero-order valence-electron chi connectivity index (χ0n) is 10.6. The topological polar surface area (TPSA) is 92.4 Å². The Morgan fingerprint density at radius 2 is 1.67 bits per heavy atom. The van der Waals surface area contributed by atoms with Crippen molar-refractivity contribution in [3.63, 3.8) is 0 Å². The van der Waals surface area contributed by atoms with Crippen LogP contribution in [0.15, 0.2) is 45.3 Å². The number of carbonyl (C=O) groups excluding carboxylic acids is 1. The van der Waals surface area contributed by atoms with E-state index in [0.717, 1.165) is 8.95 Å². The zero-order chi connectivity index (χ0) is 15.6. The molecule has 2 rings (SSSR count). The van der Waals surface area contributed by atoms with Crippen LogP contribution in [-0.4, -0.2) is 17.0 Å². The van der Waals surface area contributed by atoms with Crippen LogP contribution in [0.4, 0.5) is 11.4 Å². The summed E-state index contributed by atoms with van der Waals surface area (Å²) in [4.78, 5) is 23.4. The third-order valence-electron chi connectivity index (χ3n) is 2.65. The van der Waals surface area contributed by atoms with Crippen LogP contribution >= 0.6 is 31.9 Å². The standard InChI is InChI=1S/C14H10Br2N2O3/c15-8-3-7(4-9(16)5-8)13(19)18-12-6-10(17)1-2-11(12)14(20)21/h1-6H,17H2,(H,18,19)(H,20,21). The number of amides is 1. The maximum atomic E-state index is 12.2. The lowest BCUT2D eigenvalue weighted by Gasteiger charge is -2.10. The van der Waals surface area contributed by atoms with E-state index in [4.69, 9.17) is 10.8 Å². The van der Waals surface area contributed by atoms with Crippen LogP contribution in [0, 0.1) is 0 Å². The molecule has 0 spiro atoms. The van der Waals surface area contributed by atoms with E-state index in [-0.39, 0.29) is 11.3 Å². The van der Waals surface area contributed by atoms with E-state index in [9.17, 15) is 9.59 Å². The Hall–Kier alpha value is -1.86. The number of anilines is 2. The molecule has 0 saturated heterocycles. The average molecular weight is 414 g/mol. The first-order chi connectivity index (χ1) is 9.86. The molecule has 0 aliphatic carbocycles. The van der Waals surface area contributed by atoms with Crippen molar-refractivity contribution in [1.82, 2.24) is 0 Å². The van der Waals surface area contributed by atoms with Gasteiger partial charge in [-0.05, 0) is 36.4 Å². The molecule has 0 fully saturated rings. The summed E-state index contributed by atoms with van der Waals surface area (Å²) in [6, 6.07) is 9.28. The number of aromatic carboxylic acids is 1. The second-order valence-corrected chi connectivity index (χ2v) is 6.05. The summed E-state index contributed by atoms with van der Waals surface area (Å²) in [5, 5.41) is 11.7. The van der Waals surface area contributed by atoms with Gasteiger partial charge in [0.2, 0.25) is 0 Å². The van der Waals surface area contributed by atoms with Gasteiger partial charge in [-0.15, -0.1) is 0 Å². The van der Waals surface area contributed by atoms with Crippen molar-refractivity contribution in [1.29, 1.82) is 0 Å². The zero-order valence-corrected chi connectivity index (χ0v) is 13.7. The fourth-order valence-corrected chi connectivity index (χ4v) is 3.02. The normalized spacial score (nSPS) is 10.2. The number of nitrogen functional groups attached to an aromatic ring is 1. The molecule has 0 bridgehead atoms. The monoisotopic (exact) mass is 412 g/mol. The van der Waals surface area contributed by atoms with Crippen molar-refractivity contribution in [2.75, 3.05) is 11.1 Å². The van der Waals surface area contributed by atoms with Gasteiger partial charge in [-0.2, -0.15) is 0 Å². The molecule has 0 radical (unpaired) electrons. The van der Waals surface area contributed by atoms with Crippen LogP contribution < -0.4 is 11.1 Å². The largest absolute Gasteiger partial charge is 0.478 e. The van der Waals surface area contributed by atoms with Gasteiger partial charge in [-0.25, -0.2) is 4.79 Å². The van der Waals surface area contributed by atoms with Crippen molar-refractivity contribution >= 4 is 55.1 Å². The summed E-state index contributed by atoms with van der Waals surface area (Å²) in [7, 11) is 0. The van der Waals surface area contributed by atoms with E-state index in [1.807, 2.05) is 0 Å². The summed E-state index contributed by atoms with van der Waals surface area (Å²) in [6.45, 7) is 0. The minimum Gasteiger partial charge on any atom is -0.478 e. The third-order valence-corrected chi connectivity index (χ3v) is 3.56. The number of carbonyl (C=O) groups is 2. The van der Waals surface area contributed by atoms with Crippen LogP contribution in [0.3, 0.4) is 0 Å². The van der Waals surface area contributed by atoms with Gasteiger partial charge in [0, 0.05) is 20.2 Å². The number of rotatable bonds is 3. The number of hydrogen-bond donors (Lipinski definition) is 3. The molecule has 0 heterocycles. The molecular formula is C14H10Br2N2O3. The number of carboxylic acids is 1. The first-order valence-corrected chi connectivity index (χ1v) is 7.35. The van der Waals surface area contributed by atoms with Gasteiger partial charge in [0.1, 0.15) is 0 Å². The first kappa shape index (κ1) is 15.5. The molecule has 0 aliphatic heterocycles. The molecule has 1 amide bonds. The Morgan fingerprint density at radius 1 is 1.05 bits per heavy atom. The molecule has 4 N–H and O–H groups in total. The smallest absolute Gasteiger partial charge is 0.337 e. The Balaban J connectivity index is 2.35. The maximum Gasteiger partial charge on any atom is 0.337 e. The molecule has 108 valence electrons. The predicted molar refractivity (Wildman–Crippen MR) is 87.6 cm³/mol. The minimum atomic E-state index is -1.14. The highest BCUT2D eigenvalue weighted by molar-refractivity contribution is 9.11. The molecule has 21 heavy (non-hydrogen) atoms. The lowest BCUT2D eigenvalue weighted by Crippen LogP contribution is -2.15. The van der Waals surface area contributed by atoms with E-state index in [1.165, 1.54) is 18.2 Å². The maximum absolute atomic E-state index is 12.2. The molecule has 7 heteroatoms. The van der Waals surface area contributed by atoms with Crippen LogP contribution in [0.5, 0.6) is 0 Å². The van der Waals surface area contributed by atoms with E-state index in [2.05, 4.69) is 37.2 Å². The summed E-state index contributed by atoms with van der Waals surface area (Å²) in [5.74, 6) is -1.56. The summed E-state index contributed by atoms with van der Waals surface area (Å²) >= 11 is 6.58. The van der Waals surface area contributed by atoms with E-state index in [1.54, 1.807) is 18.2 Å². The summed E-state index contributed by atoms with van der Waals surface area (Å²) in [6.07, 6.45) is 0. The highest BCUT2D eigenvalue weighted by Gasteiger charge is 2.14. The fraction of sp³-hybridized carbons (Fsp3) is 0. The number of nitrogens with one attached hydrogen (secondary N) is 1. The molecule has 0 aliphatic rings. The van der Waals surface area contributed by atoms with Gasteiger partial charge < -0.3 is 16.2 Å². The summed E-state index contributed by atoms with van der Waals surface area (Å²) < 4.78 is 1.46. The Bertz CT molecular complexity index is 712. The van der Waals surface area contributed by atoms with Gasteiger partial charge >= 0.3 is 5.97 Å². The Morgan fingerprint density at radius 3 is 2.24 bits per heavy atom. The second kappa shape index (κ2) is 6.28. The average Bonchev–Trinajstić information content (AvgIpc) is 2.37. The lowest BCUT2D eigenvalue weighted by molar-refractivity contribution is 0.0698. The van der Waals surface area contributed by atoms with Crippen molar-refractivity contribution in [2.45, 2.75) is 0 Å². The van der Waals surface area contributed by atoms with Crippen LogP contribution in [0.1, 0.15) is 20.7 Å². The molecule has 0 unspecified atom stereocenters. The van der Waals surface area contributed by atoms with Gasteiger partial charge in [-0.3, -0.25) is 4.79 Å². The first-order valence-electron chi connectivity index (χ1n) is 5.77. The summed E-state index contributed by atoms with van der Waals surface area (Å²) in [5.41, 5.74) is 6.52. The predicted octanol–water partition coefficient (Wildman–Crippen LogP) is 3.74. The minimum absolute atomic E-state index is 0.0217. The Kier molecular flexibility index (Phi) is 4.64. The van der Waals surface area contributed by atoms with E-state index >= 15 is 0 Å². The van der Waals surface area contributed by atoms with Crippen LogP contribution in [-0.2, 0) is 0 Å². The second-order valence-electron chi connectivity index (χ2n) is 4.22. The lowest BCUT2D eigenvalue weighted by atomic mass is 10.1. The molecule has 5 nitrogen and oxygen atoms in total. The van der Waals surface area contributed by atoms with Crippen LogP contribution in [0.25, 0.3) is 0 Å². The fourth-order valence-electron chi connectivity index (χ4n) is 1.73. The highest BCUT2D eigenvalue weighted by atomic mass is 79.9. The SMILES string of the molecule is Nc1ccc(C(=O)O)c(NC(=O)c2cc(Br)cc(Br)c2)c1. The highest BCUT2D eigenvalue weighted by Crippen LogP contribution is 2.23. The number of carboxylic acid groups (broad SMARTS) is 1. The van der Waals surface area contributed by atoms with Gasteiger partial charge in [0.25, 0.3) is 5.91 Å². The molecular weight excluding hydrogens is 404 g/mol. The number of nitrogens with two attached hydrogens (primary N) is 1. The van der Waals surface area contributed by atoms with Gasteiger partial charge in [0.05, 0.1) is 11.3 Å². The van der Waals surface area contributed by atoms with Crippen molar-refractivity contribution in [3.05, 3.63) is 56.5 Å². The molecule has 0 atom stereocenters. The Labute approximate surface area is 137 Å². The molecule has 2 aromatic rings. The van der Waals surface area contributed by atoms with Crippen LogP contribution in [0.2, 0.25) is 0 Å². The van der Waals surface area contributed by atoms with E-state index < -0.39 is 11.9 Å². The number of halogens is 2. The van der Waals surface area contributed by atoms with Gasteiger partial charge in [0.15, 0.2) is 0 Å². The van der Waals surface area contributed by atoms with Crippen molar-refractivity contribution in [3.8, 4) is 0 Å². The quantitative estimate of drug-likeness (QED) is 0.668. The molecule has 2 aromatic carbocycles. The number of benzene rings is 2. The molecule has 0 aromatic heterocycles. The molecule has 0 saturated carbocycles. The van der Waals surface area contributed by atoms with Gasteiger partial charge in [-0.1, -0.05) is 31.9 Å². The van der Waals surface area contributed by atoms with Crippen molar-refractivity contribution in [2.24, 2.45) is 0 Å². The van der Waals surface area contributed by atoms with Crippen molar-refractivity contribution < 1.29 is 14.7 Å². The number of hydrogen-bond acceptors (Lipinski definition) is 3. The third kappa shape index (κ3) is 3.83.